The zero-order chi connectivity index (χ0) is 15.9. The van der Waals surface area contributed by atoms with Gasteiger partial charge in [-0.3, -0.25) is 0 Å². The molecule has 0 aliphatic heterocycles. The normalized spacial score (nSPS) is 17.3. The van der Waals surface area contributed by atoms with Crippen LogP contribution in [0, 0.1) is 5.41 Å². The van der Waals surface area contributed by atoms with Crippen molar-refractivity contribution in [3.05, 3.63) is 23.3 Å². The van der Waals surface area contributed by atoms with Gasteiger partial charge in [-0.15, -0.1) is 0 Å². The SMILES string of the molecule is CCCOC(=O)C1=CCC(C)(C)CC=C1C(=O)OCCC. The van der Waals surface area contributed by atoms with Crippen LogP contribution in [0.3, 0.4) is 0 Å². The molecule has 4 nitrogen and oxygen atoms in total. The van der Waals surface area contributed by atoms with Gasteiger partial charge < -0.3 is 9.47 Å². The molecule has 0 bridgehead atoms. The molecule has 0 aromatic carbocycles. The Labute approximate surface area is 127 Å². The number of carbonyl (C=O) groups excluding carboxylic acids is 2. The third-order valence-corrected chi connectivity index (χ3v) is 3.32. The minimum Gasteiger partial charge on any atom is -0.462 e. The standard InChI is InChI=1S/C17H26O4/c1-5-11-20-15(18)13-7-9-17(3,4)10-8-14(13)16(19)21-12-6-2/h7-8H,5-6,9-12H2,1-4H3. The molecule has 0 atom stereocenters. The van der Waals surface area contributed by atoms with Gasteiger partial charge in [-0.1, -0.05) is 39.8 Å². The molecule has 0 fully saturated rings. The van der Waals surface area contributed by atoms with Crippen LogP contribution < -0.4 is 0 Å². The minimum absolute atomic E-state index is 0.0169. The molecule has 0 radical (unpaired) electrons. The molecule has 1 rings (SSSR count). The summed E-state index contributed by atoms with van der Waals surface area (Å²) in [4.78, 5) is 24.3. The summed E-state index contributed by atoms with van der Waals surface area (Å²) in [6.07, 6.45) is 6.58. The van der Waals surface area contributed by atoms with Crippen LogP contribution in [0.4, 0.5) is 0 Å². The zero-order valence-electron chi connectivity index (χ0n) is 13.5. The van der Waals surface area contributed by atoms with Gasteiger partial charge in [0.25, 0.3) is 0 Å². The summed E-state index contributed by atoms with van der Waals surface area (Å²) in [5, 5.41) is 0. The van der Waals surface area contributed by atoms with Crippen LogP contribution in [0.25, 0.3) is 0 Å². The Bertz CT molecular complexity index is 404. The minimum atomic E-state index is -0.436. The Morgan fingerprint density at radius 1 is 0.952 bits per heavy atom. The Kier molecular flexibility index (Phi) is 6.66. The molecule has 0 saturated carbocycles. The van der Waals surface area contributed by atoms with E-state index in [0.717, 1.165) is 25.7 Å². The van der Waals surface area contributed by atoms with E-state index in [4.69, 9.17) is 9.47 Å². The molecule has 0 unspecified atom stereocenters. The van der Waals surface area contributed by atoms with Gasteiger partial charge in [-0.2, -0.15) is 0 Å². The van der Waals surface area contributed by atoms with Crippen molar-refractivity contribution in [2.24, 2.45) is 5.41 Å². The molecule has 0 heterocycles. The second-order valence-corrected chi connectivity index (χ2v) is 6.08. The van der Waals surface area contributed by atoms with Crippen molar-refractivity contribution in [1.82, 2.24) is 0 Å². The van der Waals surface area contributed by atoms with Gasteiger partial charge in [-0.05, 0) is 31.1 Å². The van der Waals surface area contributed by atoms with Crippen LogP contribution in [-0.2, 0) is 19.1 Å². The van der Waals surface area contributed by atoms with Crippen molar-refractivity contribution in [2.75, 3.05) is 13.2 Å². The van der Waals surface area contributed by atoms with Crippen LogP contribution >= 0.6 is 0 Å². The topological polar surface area (TPSA) is 52.6 Å². The number of carbonyl (C=O) groups is 2. The van der Waals surface area contributed by atoms with Crippen molar-refractivity contribution in [3.8, 4) is 0 Å². The fraction of sp³-hybridized carbons (Fsp3) is 0.647. The third kappa shape index (κ3) is 5.37. The maximum Gasteiger partial charge on any atom is 0.338 e. The Morgan fingerprint density at radius 3 is 1.67 bits per heavy atom. The van der Waals surface area contributed by atoms with E-state index in [9.17, 15) is 9.59 Å². The lowest BCUT2D eigenvalue weighted by Crippen LogP contribution is -2.17. The fourth-order valence-corrected chi connectivity index (χ4v) is 1.99. The summed E-state index contributed by atoms with van der Waals surface area (Å²) >= 11 is 0. The largest absolute Gasteiger partial charge is 0.462 e. The summed E-state index contributed by atoms with van der Waals surface area (Å²) in [5.41, 5.74) is 0.702. The van der Waals surface area contributed by atoms with Crippen molar-refractivity contribution in [3.63, 3.8) is 0 Å². The van der Waals surface area contributed by atoms with Gasteiger partial charge >= 0.3 is 11.9 Å². The molecule has 0 aromatic heterocycles. The summed E-state index contributed by atoms with van der Waals surface area (Å²) < 4.78 is 10.4. The molecule has 0 saturated heterocycles. The lowest BCUT2D eigenvalue weighted by Gasteiger charge is -2.19. The molecular formula is C17H26O4. The smallest absolute Gasteiger partial charge is 0.338 e. The quantitative estimate of drug-likeness (QED) is 0.703. The Hall–Kier alpha value is -1.58. The van der Waals surface area contributed by atoms with E-state index in [1.807, 2.05) is 26.0 Å². The van der Waals surface area contributed by atoms with Crippen LogP contribution in [0.2, 0.25) is 0 Å². The first kappa shape index (κ1) is 17.5. The highest BCUT2D eigenvalue weighted by Gasteiger charge is 2.28. The van der Waals surface area contributed by atoms with Gasteiger partial charge in [0, 0.05) is 0 Å². The van der Waals surface area contributed by atoms with Crippen molar-refractivity contribution in [2.45, 2.75) is 53.4 Å². The zero-order valence-corrected chi connectivity index (χ0v) is 13.5. The molecular weight excluding hydrogens is 268 g/mol. The number of rotatable bonds is 6. The van der Waals surface area contributed by atoms with E-state index in [-0.39, 0.29) is 5.41 Å². The first-order valence-corrected chi connectivity index (χ1v) is 7.66. The first-order chi connectivity index (χ1) is 9.91. The predicted octanol–water partition coefficient (Wildman–Crippen LogP) is 3.57. The van der Waals surface area contributed by atoms with Gasteiger partial charge in [-0.25, -0.2) is 9.59 Å². The molecule has 1 aliphatic carbocycles. The fourth-order valence-electron chi connectivity index (χ4n) is 1.99. The van der Waals surface area contributed by atoms with Crippen molar-refractivity contribution >= 4 is 11.9 Å². The highest BCUT2D eigenvalue weighted by atomic mass is 16.5. The number of hydrogen-bond acceptors (Lipinski definition) is 4. The predicted molar refractivity (Wildman–Crippen MR) is 81.7 cm³/mol. The van der Waals surface area contributed by atoms with Gasteiger partial charge in [0.2, 0.25) is 0 Å². The van der Waals surface area contributed by atoms with Crippen molar-refractivity contribution in [1.29, 1.82) is 0 Å². The highest BCUT2D eigenvalue weighted by molar-refractivity contribution is 6.07. The molecule has 0 aromatic rings. The van der Waals surface area contributed by atoms with Crippen LogP contribution in [0.5, 0.6) is 0 Å². The number of allylic oxidation sites excluding steroid dienone is 2. The van der Waals surface area contributed by atoms with Crippen LogP contribution in [0.15, 0.2) is 23.3 Å². The van der Waals surface area contributed by atoms with Crippen LogP contribution in [-0.4, -0.2) is 25.2 Å². The number of esters is 2. The van der Waals surface area contributed by atoms with E-state index in [1.165, 1.54) is 0 Å². The van der Waals surface area contributed by atoms with Gasteiger partial charge in [0.05, 0.1) is 24.4 Å². The molecule has 4 heteroatoms. The molecule has 0 spiro atoms. The maximum absolute atomic E-state index is 12.2. The average Bonchev–Trinajstić information content (AvgIpc) is 2.60. The van der Waals surface area contributed by atoms with E-state index >= 15 is 0 Å². The molecule has 0 amide bonds. The first-order valence-electron chi connectivity index (χ1n) is 7.66. The molecule has 118 valence electrons. The van der Waals surface area contributed by atoms with Crippen molar-refractivity contribution < 1.29 is 19.1 Å². The van der Waals surface area contributed by atoms with Gasteiger partial charge in [0.15, 0.2) is 0 Å². The van der Waals surface area contributed by atoms with E-state index in [2.05, 4.69) is 13.8 Å². The third-order valence-electron chi connectivity index (χ3n) is 3.32. The number of hydrogen-bond donors (Lipinski definition) is 0. The monoisotopic (exact) mass is 294 g/mol. The lowest BCUT2D eigenvalue weighted by atomic mass is 9.86. The van der Waals surface area contributed by atoms with Crippen LogP contribution in [0.1, 0.15) is 53.4 Å². The summed E-state index contributed by atoms with van der Waals surface area (Å²) in [6.45, 7) is 8.80. The Balaban J connectivity index is 2.98. The average molecular weight is 294 g/mol. The van der Waals surface area contributed by atoms with E-state index < -0.39 is 11.9 Å². The molecule has 0 N–H and O–H groups in total. The number of ether oxygens (including phenoxy) is 2. The second kappa shape index (κ2) is 8.01. The Morgan fingerprint density at radius 2 is 1.33 bits per heavy atom. The maximum atomic E-state index is 12.2. The molecule has 1 aliphatic rings. The highest BCUT2D eigenvalue weighted by Crippen LogP contribution is 2.32. The van der Waals surface area contributed by atoms with E-state index in [0.29, 0.717) is 24.4 Å². The summed E-state index contributed by atoms with van der Waals surface area (Å²) in [6, 6.07) is 0. The van der Waals surface area contributed by atoms with E-state index in [1.54, 1.807) is 0 Å². The molecule has 21 heavy (non-hydrogen) atoms. The second-order valence-electron chi connectivity index (χ2n) is 6.08. The lowest BCUT2D eigenvalue weighted by molar-refractivity contribution is -0.142. The van der Waals surface area contributed by atoms with Gasteiger partial charge in [0.1, 0.15) is 0 Å². The summed E-state index contributed by atoms with van der Waals surface area (Å²) in [5.74, 6) is -0.872. The summed E-state index contributed by atoms with van der Waals surface area (Å²) in [7, 11) is 0.